The smallest absolute Gasteiger partial charge is 0.227 e. The molecule has 1 N–H and O–H groups in total. The first-order valence-corrected chi connectivity index (χ1v) is 8.10. The summed E-state index contributed by atoms with van der Waals surface area (Å²) < 4.78 is 0.760. The quantitative estimate of drug-likeness (QED) is 0.764. The minimum Gasteiger partial charge on any atom is -0.325 e. The van der Waals surface area contributed by atoms with Crippen molar-refractivity contribution in [2.45, 2.75) is 44.9 Å². The summed E-state index contributed by atoms with van der Waals surface area (Å²) in [5.74, 6) is 0.274. The van der Waals surface area contributed by atoms with Gasteiger partial charge in [-0.3, -0.25) is 4.79 Å². The van der Waals surface area contributed by atoms with E-state index in [9.17, 15) is 4.79 Å². The monoisotopic (exact) mass is 343 g/mol. The molecule has 1 aromatic rings. The van der Waals surface area contributed by atoms with Crippen molar-refractivity contribution < 1.29 is 4.79 Å². The number of carbonyl (C=O) groups is 1. The molecule has 1 amide bonds. The molecule has 19 heavy (non-hydrogen) atoms. The average Bonchev–Trinajstić information content (AvgIpc) is 2.34. The van der Waals surface area contributed by atoms with Crippen molar-refractivity contribution in [1.29, 1.82) is 0 Å². The fourth-order valence-corrected chi connectivity index (χ4v) is 3.09. The first kappa shape index (κ1) is 14.9. The minimum absolute atomic E-state index is 0.130. The summed E-state index contributed by atoms with van der Waals surface area (Å²) in [5, 5.41) is 3.62. The third kappa shape index (κ3) is 4.22. The Balaban J connectivity index is 2.01. The maximum Gasteiger partial charge on any atom is 0.227 e. The van der Waals surface area contributed by atoms with Crippen LogP contribution in [-0.4, -0.2) is 5.91 Å². The van der Waals surface area contributed by atoms with Crippen LogP contribution >= 0.6 is 27.5 Å². The highest BCUT2D eigenvalue weighted by Crippen LogP contribution is 2.31. The molecular weight excluding hydrogens is 326 g/mol. The number of hydrogen-bond donors (Lipinski definition) is 1. The lowest BCUT2D eigenvalue weighted by Gasteiger charge is -2.19. The van der Waals surface area contributed by atoms with Crippen molar-refractivity contribution in [2.75, 3.05) is 5.32 Å². The van der Waals surface area contributed by atoms with Crippen molar-refractivity contribution >= 4 is 39.1 Å². The molecule has 0 unspecified atom stereocenters. The largest absolute Gasteiger partial charge is 0.325 e. The van der Waals surface area contributed by atoms with Crippen molar-refractivity contribution in [3.05, 3.63) is 27.7 Å². The number of hydrogen-bond acceptors (Lipinski definition) is 1. The van der Waals surface area contributed by atoms with Crippen LogP contribution in [0.1, 0.15) is 44.9 Å². The Morgan fingerprint density at radius 2 is 1.79 bits per heavy atom. The minimum atomic E-state index is 0.130. The second-order valence-electron chi connectivity index (χ2n) is 5.13. The third-order valence-electron chi connectivity index (χ3n) is 3.69. The summed E-state index contributed by atoms with van der Waals surface area (Å²) >= 11 is 9.45. The molecule has 0 atom stereocenters. The molecule has 2 nitrogen and oxygen atoms in total. The Labute approximate surface area is 128 Å². The van der Waals surface area contributed by atoms with Gasteiger partial charge in [0.25, 0.3) is 0 Å². The second-order valence-corrected chi connectivity index (χ2v) is 6.33. The van der Waals surface area contributed by atoms with E-state index in [0.29, 0.717) is 5.02 Å². The van der Waals surface area contributed by atoms with Gasteiger partial charge in [-0.2, -0.15) is 0 Å². The molecule has 0 radical (unpaired) electrons. The molecule has 1 fully saturated rings. The molecular formula is C15H19BrClNO. The summed E-state index contributed by atoms with van der Waals surface area (Å²) in [6.45, 7) is 0. The lowest BCUT2D eigenvalue weighted by atomic mass is 9.90. The van der Waals surface area contributed by atoms with Crippen molar-refractivity contribution in [2.24, 2.45) is 5.92 Å². The Bertz CT molecular complexity index is 442. The molecule has 104 valence electrons. The van der Waals surface area contributed by atoms with Crippen LogP contribution in [0.3, 0.4) is 0 Å². The van der Waals surface area contributed by atoms with Gasteiger partial charge in [0.15, 0.2) is 0 Å². The summed E-state index contributed by atoms with van der Waals surface area (Å²) in [7, 11) is 0. The van der Waals surface area contributed by atoms with Gasteiger partial charge in [0.1, 0.15) is 0 Å². The topological polar surface area (TPSA) is 29.1 Å². The standard InChI is InChI=1S/C15H19BrClNO/c16-14-12(17)9-6-10-13(14)18-15(19)11-7-4-2-1-3-5-8-11/h6,9-11H,1-5,7-8H2,(H,18,19). The Morgan fingerprint density at radius 1 is 1.16 bits per heavy atom. The van der Waals surface area contributed by atoms with Crippen LogP contribution in [0.25, 0.3) is 0 Å². The van der Waals surface area contributed by atoms with Crippen LogP contribution in [-0.2, 0) is 4.79 Å². The highest BCUT2D eigenvalue weighted by atomic mass is 79.9. The van der Waals surface area contributed by atoms with Gasteiger partial charge in [0.05, 0.1) is 15.2 Å². The third-order valence-corrected chi connectivity index (χ3v) is 5.08. The van der Waals surface area contributed by atoms with Gasteiger partial charge in [-0.1, -0.05) is 49.8 Å². The number of benzene rings is 1. The molecule has 1 aliphatic carbocycles. The van der Waals surface area contributed by atoms with Crippen LogP contribution < -0.4 is 5.32 Å². The van der Waals surface area contributed by atoms with Crippen LogP contribution in [0.5, 0.6) is 0 Å². The first-order valence-electron chi connectivity index (χ1n) is 6.93. The van der Waals surface area contributed by atoms with Crippen LogP contribution in [0.2, 0.25) is 5.02 Å². The van der Waals surface area contributed by atoms with E-state index in [1.54, 1.807) is 6.07 Å². The molecule has 4 heteroatoms. The van der Waals surface area contributed by atoms with Crippen molar-refractivity contribution in [3.8, 4) is 0 Å². The summed E-state index contributed by atoms with van der Waals surface area (Å²) in [6, 6.07) is 5.52. The Morgan fingerprint density at radius 3 is 2.47 bits per heavy atom. The van der Waals surface area contributed by atoms with Gasteiger partial charge in [-0.15, -0.1) is 0 Å². The summed E-state index contributed by atoms with van der Waals surface area (Å²) in [4.78, 5) is 12.3. The van der Waals surface area contributed by atoms with Crippen molar-refractivity contribution in [3.63, 3.8) is 0 Å². The zero-order valence-electron chi connectivity index (χ0n) is 10.9. The molecule has 0 bridgehead atoms. The Hall–Kier alpha value is -0.540. The number of amides is 1. The Kier molecular flexibility index (Phi) is 5.71. The van der Waals surface area contributed by atoms with Gasteiger partial charge in [0, 0.05) is 5.92 Å². The number of halogens is 2. The lowest BCUT2D eigenvalue weighted by molar-refractivity contribution is -0.120. The number of anilines is 1. The highest BCUT2D eigenvalue weighted by molar-refractivity contribution is 9.10. The van der Waals surface area contributed by atoms with E-state index in [2.05, 4.69) is 21.2 Å². The van der Waals surface area contributed by atoms with Gasteiger partial charge in [-0.25, -0.2) is 0 Å². The highest BCUT2D eigenvalue weighted by Gasteiger charge is 2.20. The predicted molar refractivity (Wildman–Crippen MR) is 83.6 cm³/mol. The van der Waals surface area contributed by atoms with E-state index >= 15 is 0 Å². The summed E-state index contributed by atoms with van der Waals surface area (Å²) in [6.07, 6.45) is 8.15. The molecule has 0 spiro atoms. The van der Waals surface area contributed by atoms with Crippen LogP contribution in [0, 0.1) is 5.92 Å². The van der Waals surface area contributed by atoms with Crippen LogP contribution in [0.15, 0.2) is 22.7 Å². The normalized spacial score (nSPS) is 17.6. The molecule has 2 rings (SSSR count). The van der Waals surface area contributed by atoms with E-state index in [0.717, 1.165) is 35.8 Å². The maximum atomic E-state index is 12.3. The zero-order valence-corrected chi connectivity index (χ0v) is 13.3. The molecule has 0 heterocycles. The van der Waals surface area contributed by atoms with Gasteiger partial charge in [0.2, 0.25) is 5.91 Å². The lowest BCUT2D eigenvalue weighted by Crippen LogP contribution is -2.23. The average molecular weight is 345 g/mol. The predicted octanol–water partition coefficient (Wildman–Crippen LogP) is 5.40. The zero-order chi connectivity index (χ0) is 13.7. The van der Waals surface area contributed by atoms with E-state index in [4.69, 9.17) is 11.6 Å². The number of carbonyl (C=O) groups excluding carboxylic acids is 1. The van der Waals surface area contributed by atoms with E-state index in [1.165, 1.54) is 19.3 Å². The SMILES string of the molecule is O=C(Nc1cccc(Cl)c1Br)C1CCCCCCC1. The maximum absolute atomic E-state index is 12.3. The fraction of sp³-hybridized carbons (Fsp3) is 0.533. The molecule has 0 saturated heterocycles. The van der Waals surface area contributed by atoms with E-state index < -0.39 is 0 Å². The first-order chi connectivity index (χ1) is 9.18. The fourth-order valence-electron chi connectivity index (χ4n) is 2.55. The second kappa shape index (κ2) is 7.30. The van der Waals surface area contributed by atoms with Gasteiger partial charge in [-0.05, 0) is 40.9 Å². The van der Waals surface area contributed by atoms with Crippen molar-refractivity contribution in [1.82, 2.24) is 0 Å². The molecule has 1 saturated carbocycles. The summed E-state index contributed by atoms with van der Waals surface area (Å²) in [5.41, 5.74) is 0.763. The molecule has 1 aromatic carbocycles. The van der Waals surface area contributed by atoms with Gasteiger partial charge < -0.3 is 5.32 Å². The van der Waals surface area contributed by atoms with Gasteiger partial charge >= 0.3 is 0 Å². The van der Waals surface area contributed by atoms with E-state index in [1.807, 2.05) is 12.1 Å². The van der Waals surface area contributed by atoms with Crippen LogP contribution in [0.4, 0.5) is 5.69 Å². The van der Waals surface area contributed by atoms with E-state index in [-0.39, 0.29) is 11.8 Å². The molecule has 0 aliphatic heterocycles. The number of nitrogens with one attached hydrogen (secondary N) is 1. The number of rotatable bonds is 2. The molecule has 0 aromatic heterocycles. The molecule has 1 aliphatic rings.